The minimum Gasteiger partial charge on any atom is -0.380 e. The van der Waals surface area contributed by atoms with Gasteiger partial charge in [0.25, 0.3) is 0 Å². The lowest BCUT2D eigenvalue weighted by molar-refractivity contribution is -0.126. The van der Waals surface area contributed by atoms with Gasteiger partial charge in [0, 0.05) is 18.0 Å². The predicted molar refractivity (Wildman–Crippen MR) is 65.3 cm³/mol. The highest BCUT2D eigenvalue weighted by Crippen LogP contribution is 2.39. The Bertz CT molecular complexity index is 338. The van der Waals surface area contributed by atoms with E-state index in [0.717, 1.165) is 13.2 Å². The maximum Gasteiger partial charge on any atom is 0.0575 e. The molecule has 1 aromatic rings. The third kappa shape index (κ3) is 1.86. The summed E-state index contributed by atoms with van der Waals surface area (Å²) in [5.74, 6) is 0. The average Bonchev–Trinajstić information content (AvgIpc) is 2.25. The molecule has 1 aliphatic heterocycles. The van der Waals surface area contributed by atoms with Crippen molar-refractivity contribution in [2.75, 3.05) is 26.8 Å². The van der Waals surface area contributed by atoms with E-state index in [1.165, 1.54) is 11.1 Å². The molecule has 0 saturated carbocycles. The fraction of sp³-hybridized carbons (Fsp3) is 0.538. The van der Waals surface area contributed by atoms with Crippen LogP contribution in [0, 0.1) is 12.3 Å². The molecule has 0 aliphatic carbocycles. The topological polar surface area (TPSA) is 47.3 Å². The summed E-state index contributed by atoms with van der Waals surface area (Å²) in [4.78, 5) is 0. The van der Waals surface area contributed by atoms with Crippen LogP contribution in [0.3, 0.4) is 0 Å². The Labute approximate surface area is 97.0 Å². The van der Waals surface area contributed by atoms with Crippen LogP contribution in [0.5, 0.6) is 0 Å². The van der Waals surface area contributed by atoms with E-state index >= 15 is 0 Å². The molecule has 1 atom stereocenters. The van der Waals surface area contributed by atoms with Crippen LogP contribution in [0.25, 0.3) is 0 Å². The van der Waals surface area contributed by atoms with Crippen molar-refractivity contribution in [1.29, 1.82) is 0 Å². The molecule has 1 saturated heterocycles. The standard InChI is InChI=1S/C13H20N2O/c1-10-3-5-11(6-4-10)12(15-2)13(7-14)8-16-9-13/h3-6,12,15H,7-9,14H2,1-2H3. The molecule has 1 heterocycles. The van der Waals surface area contributed by atoms with Gasteiger partial charge in [0.15, 0.2) is 0 Å². The molecule has 0 spiro atoms. The Balaban J connectivity index is 2.25. The third-order valence-electron chi connectivity index (χ3n) is 3.50. The molecule has 3 N–H and O–H groups in total. The van der Waals surface area contributed by atoms with Crippen LogP contribution >= 0.6 is 0 Å². The number of benzene rings is 1. The van der Waals surface area contributed by atoms with Gasteiger partial charge in [-0.1, -0.05) is 29.8 Å². The van der Waals surface area contributed by atoms with Crippen molar-refractivity contribution in [2.24, 2.45) is 11.1 Å². The summed E-state index contributed by atoms with van der Waals surface area (Å²) in [5.41, 5.74) is 8.54. The second-order valence-corrected chi connectivity index (χ2v) is 4.69. The Morgan fingerprint density at radius 2 is 2.00 bits per heavy atom. The number of aryl methyl sites for hydroxylation is 1. The highest BCUT2D eigenvalue weighted by atomic mass is 16.5. The molecule has 1 aromatic carbocycles. The first-order chi connectivity index (χ1) is 7.72. The van der Waals surface area contributed by atoms with Gasteiger partial charge in [0.05, 0.1) is 13.2 Å². The zero-order chi connectivity index (χ0) is 11.6. The number of nitrogens with two attached hydrogens (primary N) is 1. The molecule has 3 nitrogen and oxygen atoms in total. The van der Waals surface area contributed by atoms with Gasteiger partial charge in [-0.05, 0) is 19.5 Å². The van der Waals surface area contributed by atoms with E-state index in [1.807, 2.05) is 7.05 Å². The maximum atomic E-state index is 5.89. The first kappa shape index (κ1) is 11.6. The lowest BCUT2D eigenvalue weighted by Gasteiger charge is -2.46. The number of nitrogens with one attached hydrogen (secondary N) is 1. The Morgan fingerprint density at radius 1 is 1.38 bits per heavy atom. The molecule has 0 radical (unpaired) electrons. The molecule has 1 aliphatic rings. The normalized spacial score (nSPS) is 20.2. The lowest BCUT2D eigenvalue weighted by Crippen LogP contribution is -2.55. The van der Waals surface area contributed by atoms with Crippen LogP contribution < -0.4 is 11.1 Å². The Morgan fingerprint density at radius 3 is 2.38 bits per heavy atom. The molecule has 88 valence electrons. The van der Waals surface area contributed by atoms with Gasteiger partial charge in [-0.2, -0.15) is 0 Å². The predicted octanol–water partition coefficient (Wildman–Crippen LogP) is 1.23. The first-order valence-corrected chi connectivity index (χ1v) is 5.73. The fourth-order valence-electron chi connectivity index (χ4n) is 2.35. The van der Waals surface area contributed by atoms with Gasteiger partial charge in [-0.3, -0.25) is 0 Å². The van der Waals surface area contributed by atoms with Gasteiger partial charge in [-0.25, -0.2) is 0 Å². The smallest absolute Gasteiger partial charge is 0.0575 e. The summed E-state index contributed by atoms with van der Waals surface area (Å²) in [7, 11) is 1.99. The minimum atomic E-state index is 0.0734. The molecule has 16 heavy (non-hydrogen) atoms. The van der Waals surface area contributed by atoms with Crippen LogP contribution in [-0.2, 0) is 4.74 Å². The fourth-order valence-corrected chi connectivity index (χ4v) is 2.35. The quantitative estimate of drug-likeness (QED) is 0.802. The van der Waals surface area contributed by atoms with E-state index in [-0.39, 0.29) is 11.5 Å². The molecule has 3 heteroatoms. The van der Waals surface area contributed by atoms with E-state index in [2.05, 4.69) is 36.5 Å². The van der Waals surface area contributed by atoms with Gasteiger partial charge >= 0.3 is 0 Å². The highest BCUT2D eigenvalue weighted by molar-refractivity contribution is 5.26. The maximum absolute atomic E-state index is 5.89. The second kappa shape index (κ2) is 4.53. The summed E-state index contributed by atoms with van der Waals surface area (Å²) in [6.07, 6.45) is 0. The van der Waals surface area contributed by atoms with E-state index < -0.39 is 0 Å². The Kier molecular flexibility index (Phi) is 3.28. The molecule has 0 aromatic heterocycles. The monoisotopic (exact) mass is 220 g/mol. The first-order valence-electron chi connectivity index (χ1n) is 5.73. The van der Waals surface area contributed by atoms with Crippen molar-refractivity contribution < 1.29 is 4.74 Å². The van der Waals surface area contributed by atoms with Gasteiger partial charge in [-0.15, -0.1) is 0 Å². The average molecular weight is 220 g/mol. The summed E-state index contributed by atoms with van der Waals surface area (Å²) in [6.45, 7) is 4.27. The summed E-state index contributed by atoms with van der Waals surface area (Å²) in [5, 5.41) is 3.37. The zero-order valence-corrected chi connectivity index (χ0v) is 9.99. The van der Waals surface area contributed by atoms with E-state index in [1.54, 1.807) is 0 Å². The molecule has 0 bridgehead atoms. The SMILES string of the molecule is CNC(c1ccc(C)cc1)C1(CN)COC1. The Hall–Kier alpha value is -0.900. The molecular formula is C13H20N2O. The van der Waals surface area contributed by atoms with Crippen molar-refractivity contribution >= 4 is 0 Å². The van der Waals surface area contributed by atoms with Gasteiger partial charge in [0.1, 0.15) is 0 Å². The summed E-state index contributed by atoms with van der Waals surface area (Å²) < 4.78 is 5.34. The van der Waals surface area contributed by atoms with Crippen molar-refractivity contribution in [3.63, 3.8) is 0 Å². The summed E-state index contributed by atoms with van der Waals surface area (Å²) >= 11 is 0. The van der Waals surface area contributed by atoms with Gasteiger partial charge < -0.3 is 15.8 Å². The van der Waals surface area contributed by atoms with Gasteiger partial charge in [0.2, 0.25) is 0 Å². The summed E-state index contributed by atoms with van der Waals surface area (Å²) in [6, 6.07) is 8.91. The largest absolute Gasteiger partial charge is 0.380 e. The van der Waals surface area contributed by atoms with Crippen LogP contribution in [0.2, 0.25) is 0 Å². The lowest BCUT2D eigenvalue weighted by atomic mass is 9.75. The molecule has 2 rings (SSSR count). The van der Waals surface area contributed by atoms with Crippen molar-refractivity contribution in [2.45, 2.75) is 13.0 Å². The highest BCUT2D eigenvalue weighted by Gasteiger charge is 2.44. The van der Waals surface area contributed by atoms with Crippen LogP contribution in [-0.4, -0.2) is 26.8 Å². The number of ether oxygens (including phenoxy) is 1. The number of rotatable bonds is 4. The third-order valence-corrected chi connectivity index (χ3v) is 3.50. The van der Waals surface area contributed by atoms with E-state index in [9.17, 15) is 0 Å². The van der Waals surface area contributed by atoms with Crippen molar-refractivity contribution in [1.82, 2.24) is 5.32 Å². The van der Waals surface area contributed by atoms with Crippen molar-refractivity contribution in [3.05, 3.63) is 35.4 Å². The second-order valence-electron chi connectivity index (χ2n) is 4.69. The molecule has 1 unspecified atom stereocenters. The van der Waals surface area contributed by atoms with Crippen LogP contribution in [0.1, 0.15) is 17.2 Å². The zero-order valence-electron chi connectivity index (χ0n) is 9.99. The van der Waals surface area contributed by atoms with Crippen LogP contribution in [0.15, 0.2) is 24.3 Å². The number of hydrogen-bond acceptors (Lipinski definition) is 3. The molecule has 0 amide bonds. The van der Waals surface area contributed by atoms with Crippen LogP contribution in [0.4, 0.5) is 0 Å². The minimum absolute atomic E-state index is 0.0734. The van der Waals surface area contributed by atoms with E-state index in [0.29, 0.717) is 6.54 Å². The number of hydrogen-bond donors (Lipinski definition) is 2. The molecular weight excluding hydrogens is 200 g/mol. The molecule has 1 fully saturated rings. The van der Waals surface area contributed by atoms with Crippen molar-refractivity contribution in [3.8, 4) is 0 Å². The van der Waals surface area contributed by atoms with E-state index in [4.69, 9.17) is 10.5 Å².